The number of aryl methyl sites for hydroxylation is 1. The average molecular weight is 188 g/mol. The van der Waals surface area contributed by atoms with E-state index in [1.54, 1.807) is 0 Å². The fraction of sp³-hybridized carbons (Fsp3) is 0.286. The minimum absolute atomic E-state index is 1.27. The van der Waals surface area contributed by atoms with E-state index in [4.69, 9.17) is 0 Å². The van der Waals surface area contributed by atoms with E-state index >= 15 is 0 Å². The number of rotatable bonds is 1. The summed E-state index contributed by atoms with van der Waals surface area (Å²) in [6.07, 6.45) is 8.14. The van der Waals surface area contributed by atoms with Crippen LogP contribution in [0.3, 0.4) is 0 Å². The van der Waals surface area contributed by atoms with E-state index in [0.29, 0.717) is 0 Å². The lowest BCUT2D eigenvalue weighted by Crippen LogP contribution is -1.71. The molecule has 1 aromatic rings. The van der Waals surface area contributed by atoms with Gasteiger partial charge in [-0.3, -0.25) is 0 Å². The fourth-order valence-corrected chi connectivity index (χ4v) is 0.870. The molecule has 0 aliphatic heterocycles. The molecule has 0 atom stereocenters. The molecule has 0 radical (unpaired) electrons. The van der Waals surface area contributed by atoms with Crippen LogP contribution in [-0.2, 0) is 0 Å². The summed E-state index contributed by atoms with van der Waals surface area (Å²) in [5.74, 6) is 0. The molecule has 0 bridgehead atoms. The second-order valence-electron chi connectivity index (χ2n) is 3.08. The van der Waals surface area contributed by atoms with E-state index in [0.717, 1.165) is 0 Å². The highest BCUT2D eigenvalue weighted by Gasteiger charge is 1.83. The van der Waals surface area contributed by atoms with E-state index in [2.05, 4.69) is 37.3 Å². The molecule has 0 spiro atoms. The molecule has 0 aliphatic rings. The van der Waals surface area contributed by atoms with Gasteiger partial charge in [-0.1, -0.05) is 54.1 Å². The Hall–Kier alpha value is -1.30. The fourth-order valence-electron chi connectivity index (χ4n) is 0.870. The Labute approximate surface area is 88.0 Å². The van der Waals surface area contributed by atoms with Gasteiger partial charge in [-0.25, -0.2) is 0 Å². The van der Waals surface area contributed by atoms with Gasteiger partial charge in [0.1, 0.15) is 0 Å². The van der Waals surface area contributed by atoms with Crippen LogP contribution in [0.15, 0.2) is 42.5 Å². The summed E-state index contributed by atoms with van der Waals surface area (Å²) in [5, 5.41) is 0. The van der Waals surface area contributed by atoms with Crippen LogP contribution in [0.4, 0.5) is 0 Å². The Morgan fingerprint density at radius 1 is 0.786 bits per heavy atom. The SMILES string of the molecule is C/C=C/c1ccc(C)cc1.C/C=C\C. The molecular weight excluding hydrogens is 168 g/mol. The van der Waals surface area contributed by atoms with Crippen molar-refractivity contribution in [2.24, 2.45) is 0 Å². The zero-order valence-corrected chi connectivity index (χ0v) is 9.62. The summed E-state index contributed by atoms with van der Waals surface area (Å²) in [5.41, 5.74) is 2.58. The summed E-state index contributed by atoms with van der Waals surface area (Å²) >= 11 is 0. The van der Waals surface area contributed by atoms with Gasteiger partial charge in [-0.15, -0.1) is 0 Å². The number of allylic oxidation sites excluding steroid dienone is 3. The molecule has 0 unspecified atom stereocenters. The third-order valence-electron chi connectivity index (χ3n) is 1.77. The van der Waals surface area contributed by atoms with Crippen molar-refractivity contribution >= 4 is 6.08 Å². The molecule has 1 aromatic carbocycles. The maximum Gasteiger partial charge on any atom is -0.0260 e. The van der Waals surface area contributed by atoms with Crippen LogP contribution in [0.2, 0.25) is 0 Å². The Morgan fingerprint density at radius 3 is 1.64 bits per heavy atom. The average Bonchev–Trinajstić information content (AvgIpc) is 2.22. The van der Waals surface area contributed by atoms with Gasteiger partial charge in [-0.2, -0.15) is 0 Å². The van der Waals surface area contributed by atoms with Gasteiger partial charge >= 0.3 is 0 Å². The van der Waals surface area contributed by atoms with Crippen molar-refractivity contribution in [3.8, 4) is 0 Å². The molecule has 0 saturated carbocycles. The van der Waals surface area contributed by atoms with Crippen LogP contribution in [0.25, 0.3) is 6.08 Å². The Bertz CT molecular complexity index is 271. The third kappa shape index (κ3) is 6.24. The maximum absolute atomic E-state index is 2.12. The second kappa shape index (κ2) is 8.31. The van der Waals surface area contributed by atoms with Crippen molar-refractivity contribution in [1.82, 2.24) is 0 Å². The Kier molecular flexibility index (Phi) is 7.53. The van der Waals surface area contributed by atoms with Crippen molar-refractivity contribution in [3.63, 3.8) is 0 Å². The van der Waals surface area contributed by atoms with Gasteiger partial charge in [0.2, 0.25) is 0 Å². The van der Waals surface area contributed by atoms with E-state index in [9.17, 15) is 0 Å². The van der Waals surface area contributed by atoms with Gasteiger partial charge in [-0.05, 0) is 33.3 Å². The molecule has 0 N–H and O–H groups in total. The largest absolute Gasteiger partial charge is 0.0919 e. The molecule has 1 rings (SSSR count). The lowest BCUT2D eigenvalue weighted by atomic mass is 10.1. The predicted molar refractivity (Wildman–Crippen MR) is 66.4 cm³/mol. The standard InChI is InChI=1S/C10H12.C4H8/c1-3-4-10-7-5-9(2)6-8-10;1-3-4-2/h3-8H,1-2H3;3-4H,1-2H3/b4-3+;4-3-. The van der Waals surface area contributed by atoms with Crippen molar-refractivity contribution in [1.29, 1.82) is 0 Å². The van der Waals surface area contributed by atoms with E-state index in [1.807, 2.05) is 39.0 Å². The monoisotopic (exact) mass is 188 g/mol. The quantitative estimate of drug-likeness (QED) is 0.564. The lowest BCUT2D eigenvalue weighted by Gasteiger charge is -1.92. The Morgan fingerprint density at radius 2 is 1.29 bits per heavy atom. The smallest absolute Gasteiger partial charge is 0.0260 e. The van der Waals surface area contributed by atoms with Crippen LogP contribution >= 0.6 is 0 Å². The summed E-state index contributed by atoms with van der Waals surface area (Å²) in [6, 6.07) is 8.48. The summed E-state index contributed by atoms with van der Waals surface area (Å²) in [6.45, 7) is 8.12. The minimum atomic E-state index is 1.27. The minimum Gasteiger partial charge on any atom is -0.0919 e. The zero-order chi connectivity index (χ0) is 10.8. The molecule has 0 nitrogen and oxygen atoms in total. The van der Waals surface area contributed by atoms with Crippen LogP contribution < -0.4 is 0 Å². The molecule has 0 aliphatic carbocycles. The molecule has 76 valence electrons. The molecule has 0 amide bonds. The van der Waals surface area contributed by atoms with E-state index in [1.165, 1.54) is 11.1 Å². The first-order valence-electron chi connectivity index (χ1n) is 5.01. The number of benzene rings is 1. The third-order valence-corrected chi connectivity index (χ3v) is 1.77. The summed E-state index contributed by atoms with van der Waals surface area (Å²) in [4.78, 5) is 0. The van der Waals surface area contributed by atoms with Crippen molar-refractivity contribution in [2.75, 3.05) is 0 Å². The van der Waals surface area contributed by atoms with Crippen molar-refractivity contribution in [3.05, 3.63) is 53.6 Å². The van der Waals surface area contributed by atoms with E-state index in [-0.39, 0.29) is 0 Å². The highest BCUT2D eigenvalue weighted by Crippen LogP contribution is 2.04. The molecule has 0 saturated heterocycles. The van der Waals surface area contributed by atoms with Gasteiger partial charge in [0.15, 0.2) is 0 Å². The molecule has 0 aromatic heterocycles. The van der Waals surface area contributed by atoms with Crippen molar-refractivity contribution in [2.45, 2.75) is 27.7 Å². The normalized spacial score (nSPS) is 10.3. The molecule has 0 heteroatoms. The first-order chi connectivity index (χ1) is 6.74. The first-order valence-corrected chi connectivity index (χ1v) is 5.01. The molecule has 0 heterocycles. The van der Waals surface area contributed by atoms with E-state index < -0.39 is 0 Å². The van der Waals surface area contributed by atoms with Crippen LogP contribution in [-0.4, -0.2) is 0 Å². The zero-order valence-electron chi connectivity index (χ0n) is 9.62. The highest BCUT2D eigenvalue weighted by atomic mass is 13.9. The highest BCUT2D eigenvalue weighted by molar-refractivity contribution is 5.48. The van der Waals surface area contributed by atoms with Crippen LogP contribution in [0, 0.1) is 6.92 Å². The molecule has 0 fully saturated rings. The molecular formula is C14H20. The maximum atomic E-state index is 2.12. The van der Waals surface area contributed by atoms with Gasteiger partial charge in [0.05, 0.1) is 0 Å². The van der Waals surface area contributed by atoms with Crippen molar-refractivity contribution < 1.29 is 0 Å². The number of hydrogen-bond donors (Lipinski definition) is 0. The summed E-state index contributed by atoms with van der Waals surface area (Å²) < 4.78 is 0. The molecule has 14 heavy (non-hydrogen) atoms. The van der Waals surface area contributed by atoms with Gasteiger partial charge in [0.25, 0.3) is 0 Å². The topological polar surface area (TPSA) is 0 Å². The predicted octanol–water partition coefficient (Wildman–Crippen LogP) is 4.61. The second-order valence-corrected chi connectivity index (χ2v) is 3.08. The number of hydrogen-bond acceptors (Lipinski definition) is 0. The van der Waals surface area contributed by atoms with Crippen LogP contribution in [0.5, 0.6) is 0 Å². The lowest BCUT2D eigenvalue weighted by molar-refractivity contribution is 1.46. The summed E-state index contributed by atoms with van der Waals surface area (Å²) in [7, 11) is 0. The van der Waals surface area contributed by atoms with Gasteiger partial charge in [0, 0.05) is 0 Å². The first kappa shape index (κ1) is 12.7. The van der Waals surface area contributed by atoms with Gasteiger partial charge < -0.3 is 0 Å². The Balaban J connectivity index is 0.000000364. The van der Waals surface area contributed by atoms with Crippen LogP contribution in [0.1, 0.15) is 31.9 Å².